The molecule has 9 nitrogen and oxygen atoms in total. The van der Waals surface area contributed by atoms with Crippen molar-refractivity contribution in [2.45, 2.75) is 18.5 Å². The highest BCUT2D eigenvalue weighted by atomic mass is 19.1. The number of amides is 1. The molecule has 2 fully saturated rings. The lowest BCUT2D eigenvalue weighted by atomic mass is 9.95. The number of hydrogen-bond donors (Lipinski definition) is 2. The quantitative estimate of drug-likeness (QED) is 0.394. The van der Waals surface area contributed by atoms with Crippen LogP contribution in [0.1, 0.15) is 22.5 Å². The van der Waals surface area contributed by atoms with Gasteiger partial charge < -0.3 is 20.7 Å². The average Bonchev–Trinajstić information content (AvgIpc) is 3.60. The minimum atomic E-state index is -0.761. The first-order valence-electron chi connectivity index (χ1n) is 12.5. The Hall–Kier alpha value is -4.88. The highest BCUT2D eigenvalue weighted by Crippen LogP contribution is 2.41. The lowest BCUT2D eigenvalue weighted by molar-refractivity contribution is 0.0996. The molecule has 0 radical (unpaired) electrons. The van der Waals surface area contributed by atoms with Crippen LogP contribution in [0.2, 0.25) is 0 Å². The number of ether oxygens (including phenoxy) is 1. The molecule has 194 valence electrons. The molecule has 2 saturated heterocycles. The van der Waals surface area contributed by atoms with Crippen molar-refractivity contribution < 1.29 is 13.9 Å². The zero-order valence-corrected chi connectivity index (χ0v) is 21.1. The van der Waals surface area contributed by atoms with E-state index in [0.717, 1.165) is 36.3 Å². The maximum absolute atomic E-state index is 14.8. The summed E-state index contributed by atoms with van der Waals surface area (Å²) in [6.07, 6.45) is 5.77. The molecule has 2 aliphatic heterocycles. The summed E-state index contributed by atoms with van der Waals surface area (Å²) in [5.74, 6) is -1.09. The van der Waals surface area contributed by atoms with Crippen molar-refractivity contribution in [3.05, 3.63) is 78.1 Å². The van der Waals surface area contributed by atoms with Gasteiger partial charge in [-0.3, -0.25) is 9.78 Å². The van der Waals surface area contributed by atoms with Crippen LogP contribution in [0.3, 0.4) is 0 Å². The summed E-state index contributed by atoms with van der Waals surface area (Å²) in [6, 6.07) is 14.7. The Morgan fingerprint density at radius 2 is 2.08 bits per heavy atom. The first kappa shape index (κ1) is 24.5. The maximum atomic E-state index is 14.8. The summed E-state index contributed by atoms with van der Waals surface area (Å²) in [5.41, 5.74) is 9.90. The molecule has 2 aromatic carbocycles. The lowest BCUT2D eigenvalue weighted by Crippen LogP contribution is -2.43. The molecule has 2 bridgehead atoms. The van der Waals surface area contributed by atoms with Crippen molar-refractivity contribution in [2.75, 3.05) is 25.1 Å². The van der Waals surface area contributed by atoms with E-state index in [9.17, 15) is 14.4 Å². The third kappa shape index (κ3) is 4.23. The van der Waals surface area contributed by atoms with Gasteiger partial charge in [0.2, 0.25) is 0 Å². The van der Waals surface area contributed by atoms with Crippen LogP contribution in [-0.4, -0.2) is 53.1 Å². The van der Waals surface area contributed by atoms with Gasteiger partial charge in [-0.1, -0.05) is 18.2 Å². The molecule has 2 aromatic heterocycles. The van der Waals surface area contributed by atoms with E-state index in [2.05, 4.69) is 31.2 Å². The minimum Gasteiger partial charge on any atom is -0.496 e. The second-order valence-electron chi connectivity index (χ2n) is 9.55. The van der Waals surface area contributed by atoms with Gasteiger partial charge in [-0.2, -0.15) is 5.26 Å². The number of pyridine rings is 1. The van der Waals surface area contributed by atoms with Crippen LogP contribution >= 0.6 is 0 Å². The van der Waals surface area contributed by atoms with Gasteiger partial charge in [0.05, 0.1) is 24.3 Å². The zero-order valence-electron chi connectivity index (χ0n) is 21.1. The predicted octanol–water partition coefficient (Wildman–Crippen LogP) is 3.54. The molecule has 6 rings (SSSR count). The van der Waals surface area contributed by atoms with Crippen LogP contribution in [0.15, 0.2) is 61.1 Å². The van der Waals surface area contributed by atoms with Gasteiger partial charge in [-0.15, -0.1) is 0 Å². The number of hydrogen-bond acceptors (Lipinski definition) is 8. The number of nitrogens with zero attached hydrogens (tertiary/aromatic N) is 5. The molecule has 39 heavy (non-hydrogen) atoms. The molecule has 0 spiro atoms. The Labute approximate surface area is 224 Å². The lowest BCUT2D eigenvalue weighted by Gasteiger charge is -2.32. The molecule has 4 heterocycles. The molecule has 0 aliphatic carbocycles. The third-order valence-electron chi connectivity index (χ3n) is 7.35. The maximum Gasteiger partial charge on any atom is 0.268 e. The van der Waals surface area contributed by atoms with Crippen molar-refractivity contribution in [1.82, 2.24) is 20.3 Å². The first-order valence-corrected chi connectivity index (χ1v) is 12.5. The molecule has 2 atom stereocenters. The number of carbonyl (C=O) groups is 1. The van der Waals surface area contributed by atoms with E-state index in [1.165, 1.54) is 25.4 Å². The van der Waals surface area contributed by atoms with E-state index >= 15 is 0 Å². The molecule has 10 heteroatoms. The fourth-order valence-corrected chi connectivity index (χ4v) is 5.52. The average molecular weight is 522 g/mol. The molecular weight excluding hydrogens is 497 g/mol. The van der Waals surface area contributed by atoms with Gasteiger partial charge in [-0.25, -0.2) is 14.4 Å². The highest BCUT2D eigenvalue weighted by molar-refractivity contribution is 6.00. The largest absolute Gasteiger partial charge is 0.496 e. The highest BCUT2D eigenvalue weighted by Gasteiger charge is 2.39. The van der Waals surface area contributed by atoms with Gasteiger partial charge in [0.15, 0.2) is 5.82 Å². The molecule has 0 saturated carbocycles. The van der Waals surface area contributed by atoms with Crippen molar-refractivity contribution in [2.24, 2.45) is 5.73 Å². The van der Waals surface area contributed by atoms with Gasteiger partial charge >= 0.3 is 0 Å². The number of fused-ring (bicyclic) bond motifs is 2. The number of aromatic nitrogens is 3. The number of primary amides is 1. The number of piperazine rings is 1. The van der Waals surface area contributed by atoms with Crippen molar-refractivity contribution in [3.8, 4) is 45.5 Å². The summed E-state index contributed by atoms with van der Waals surface area (Å²) < 4.78 is 20.1. The minimum absolute atomic E-state index is 0.000813. The van der Waals surface area contributed by atoms with Crippen LogP contribution in [-0.2, 0) is 0 Å². The monoisotopic (exact) mass is 521 g/mol. The number of methoxy groups -OCH3 is 1. The predicted molar refractivity (Wildman–Crippen MR) is 143 cm³/mol. The molecule has 4 aromatic rings. The van der Waals surface area contributed by atoms with Crippen LogP contribution < -0.4 is 20.7 Å². The number of nitrogens with one attached hydrogen (secondary N) is 1. The molecule has 3 N–H and O–H groups in total. The first-order chi connectivity index (χ1) is 19.0. The van der Waals surface area contributed by atoms with E-state index < -0.39 is 11.7 Å². The van der Waals surface area contributed by atoms with Gasteiger partial charge in [0, 0.05) is 66.1 Å². The number of rotatable bonds is 6. The fraction of sp³-hybridized carbons (Fsp3) is 0.207. The van der Waals surface area contributed by atoms with E-state index in [4.69, 9.17) is 10.5 Å². The van der Waals surface area contributed by atoms with E-state index in [1.807, 2.05) is 18.2 Å². The molecular formula is C29H24FN7O2. The summed E-state index contributed by atoms with van der Waals surface area (Å²) >= 11 is 0. The normalized spacial score (nSPS) is 17.7. The zero-order chi connectivity index (χ0) is 27.1. The summed E-state index contributed by atoms with van der Waals surface area (Å²) in [7, 11) is 1.42. The molecule has 0 unspecified atom stereocenters. The number of nitrogens with two attached hydrogens (primary N) is 1. The summed E-state index contributed by atoms with van der Waals surface area (Å²) in [5, 5.41) is 13.2. The number of carbonyl (C=O) groups excluding carboxylic acids is 1. The summed E-state index contributed by atoms with van der Waals surface area (Å²) in [6.45, 7) is 1.63. The van der Waals surface area contributed by atoms with Crippen molar-refractivity contribution >= 4 is 11.6 Å². The van der Waals surface area contributed by atoms with E-state index in [0.29, 0.717) is 22.7 Å². The Kier molecular flexibility index (Phi) is 6.13. The van der Waals surface area contributed by atoms with Crippen LogP contribution in [0.4, 0.5) is 10.1 Å². The Morgan fingerprint density at radius 1 is 1.21 bits per heavy atom. The van der Waals surface area contributed by atoms with E-state index in [1.54, 1.807) is 24.5 Å². The Morgan fingerprint density at radius 3 is 2.79 bits per heavy atom. The van der Waals surface area contributed by atoms with Crippen LogP contribution in [0.25, 0.3) is 33.6 Å². The van der Waals surface area contributed by atoms with Crippen LogP contribution in [0.5, 0.6) is 5.75 Å². The van der Waals surface area contributed by atoms with Gasteiger partial charge in [0.25, 0.3) is 5.91 Å². The van der Waals surface area contributed by atoms with Crippen molar-refractivity contribution in [3.63, 3.8) is 0 Å². The van der Waals surface area contributed by atoms with Gasteiger partial charge in [0.1, 0.15) is 17.3 Å². The summed E-state index contributed by atoms with van der Waals surface area (Å²) in [4.78, 5) is 28.1. The number of halogens is 1. The van der Waals surface area contributed by atoms with Crippen molar-refractivity contribution in [1.29, 1.82) is 5.26 Å². The molecule has 2 aliphatic rings. The van der Waals surface area contributed by atoms with Gasteiger partial charge in [-0.05, 0) is 36.2 Å². The number of anilines is 1. The third-order valence-corrected chi connectivity index (χ3v) is 7.35. The number of nitriles is 1. The smallest absolute Gasteiger partial charge is 0.268 e. The number of benzene rings is 2. The Balaban J connectivity index is 1.53. The SMILES string of the molecule is COc1cccc(F)c1-c1ncc(-c2ccc(-c3cnccc3C#N)cc2N2C[C@@H]3C[C@H]2CN3)c(C(N)=O)n1. The van der Waals surface area contributed by atoms with Crippen LogP contribution in [0, 0.1) is 17.1 Å². The molecule has 1 amide bonds. The second kappa shape index (κ2) is 9.78. The fourth-order valence-electron chi connectivity index (χ4n) is 5.52. The second-order valence-corrected chi connectivity index (χ2v) is 9.55. The topological polar surface area (TPSA) is 130 Å². The standard InChI is InChI=1S/C29H24FN7O2/c1-39-25-4-2-3-23(30)26(25)29-35-14-22(27(36-29)28(32)38)20-6-5-16(21-13-33-8-7-17(21)11-31)9-24(20)37-15-18-10-19(37)12-34-18/h2-9,13-14,18-19,34H,10,12,15H2,1H3,(H2,32,38)/t18-,19-/m0/s1. The Bertz CT molecular complexity index is 1650. The van der Waals surface area contributed by atoms with E-state index in [-0.39, 0.29) is 28.9 Å².